The van der Waals surface area contributed by atoms with Crippen LogP contribution in [0.15, 0.2) is 24.3 Å². The van der Waals surface area contributed by atoms with Gasteiger partial charge in [0.05, 0.1) is 13.2 Å². The van der Waals surface area contributed by atoms with Crippen LogP contribution in [0.1, 0.15) is 6.92 Å². The van der Waals surface area contributed by atoms with E-state index in [0.29, 0.717) is 12.3 Å². The highest BCUT2D eigenvalue weighted by atomic mass is 16.5. The summed E-state index contributed by atoms with van der Waals surface area (Å²) < 4.78 is 5.32. The third-order valence-corrected chi connectivity index (χ3v) is 3.10. The van der Waals surface area contributed by atoms with E-state index in [1.165, 1.54) is 16.8 Å². The number of rotatable bonds is 4. The Morgan fingerprint density at radius 3 is 2.53 bits per heavy atom. The van der Waals surface area contributed by atoms with E-state index in [9.17, 15) is 9.59 Å². The first-order chi connectivity index (χ1) is 9.04. The van der Waals surface area contributed by atoms with Gasteiger partial charge in [0, 0.05) is 12.7 Å². The van der Waals surface area contributed by atoms with Crippen LogP contribution < -0.4 is 9.64 Å². The number of hydrogen-bond acceptors (Lipinski definition) is 3. The summed E-state index contributed by atoms with van der Waals surface area (Å²) in [6, 6.07) is 5.91. The van der Waals surface area contributed by atoms with Gasteiger partial charge in [-0.1, -0.05) is 0 Å². The molecule has 0 aliphatic carbocycles. The molecule has 1 N–H and O–H groups in total. The number of carbonyl (C=O) groups is 2. The largest absolute Gasteiger partial charge is 0.494 e. The molecule has 1 fully saturated rings. The number of hydrogen-bond donors (Lipinski definition) is 1. The molecule has 19 heavy (non-hydrogen) atoms. The van der Waals surface area contributed by atoms with Crippen molar-refractivity contribution in [1.82, 2.24) is 4.90 Å². The van der Waals surface area contributed by atoms with Crippen molar-refractivity contribution in [1.29, 1.82) is 0 Å². The highest BCUT2D eigenvalue weighted by Gasteiger charge is 2.39. The van der Waals surface area contributed by atoms with Crippen LogP contribution in [0.4, 0.5) is 10.5 Å². The van der Waals surface area contributed by atoms with Gasteiger partial charge in [0.1, 0.15) is 11.8 Å². The Balaban J connectivity index is 2.18. The van der Waals surface area contributed by atoms with E-state index >= 15 is 0 Å². The summed E-state index contributed by atoms with van der Waals surface area (Å²) in [6.45, 7) is 2.62. The molecular weight excluding hydrogens is 248 g/mol. The van der Waals surface area contributed by atoms with E-state index < -0.39 is 12.0 Å². The Labute approximate surface area is 111 Å². The number of carbonyl (C=O) groups excluding carboxylic acids is 1. The summed E-state index contributed by atoms with van der Waals surface area (Å²) in [6.07, 6.45) is 0. The average molecular weight is 264 g/mol. The van der Waals surface area contributed by atoms with Crippen LogP contribution in [-0.2, 0) is 4.79 Å². The molecular formula is C13H16N2O4. The molecule has 0 spiro atoms. The fraction of sp³-hybridized carbons (Fsp3) is 0.385. The summed E-state index contributed by atoms with van der Waals surface area (Å²) in [5, 5.41) is 9.04. The molecule has 1 aromatic carbocycles. The molecule has 0 aromatic heterocycles. The number of anilines is 1. The third kappa shape index (κ3) is 2.47. The minimum Gasteiger partial charge on any atom is -0.494 e. The van der Waals surface area contributed by atoms with Gasteiger partial charge in [-0.15, -0.1) is 0 Å². The van der Waals surface area contributed by atoms with Gasteiger partial charge in [-0.25, -0.2) is 9.59 Å². The predicted molar refractivity (Wildman–Crippen MR) is 69.5 cm³/mol. The van der Waals surface area contributed by atoms with Crippen LogP contribution in [0.2, 0.25) is 0 Å². The number of aliphatic carboxylic acids is 1. The Morgan fingerprint density at radius 1 is 1.42 bits per heavy atom. The lowest BCUT2D eigenvalue weighted by Crippen LogP contribution is -2.36. The molecule has 0 bridgehead atoms. The maximum Gasteiger partial charge on any atom is 0.328 e. The molecule has 1 aromatic rings. The molecule has 1 saturated heterocycles. The van der Waals surface area contributed by atoms with E-state index in [2.05, 4.69) is 0 Å². The number of ether oxygens (including phenoxy) is 1. The summed E-state index contributed by atoms with van der Waals surface area (Å²) in [5.74, 6) is -0.273. The molecule has 6 heteroatoms. The molecule has 1 unspecified atom stereocenters. The first kappa shape index (κ1) is 13.2. The quantitative estimate of drug-likeness (QED) is 0.892. The van der Waals surface area contributed by atoms with Crippen molar-refractivity contribution in [3.05, 3.63) is 24.3 Å². The van der Waals surface area contributed by atoms with Gasteiger partial charge in [0.15, 0.2) is 0 Å². The highest BCUT2D eigenvalue weighted by molar-refractivity contribution is 5.98. The second kappa shape index (κ2) is 5.17. The zero-order valence-corrected chi connectivity index (χ0v) is 10.9. The SMILES string of the molecule is CCOc1ccc(N2CC(C(=O)O)N(C)C2=O)cc1. The van der Waals surface area contributed by atoms with Crippen LogP contribution in [-0.4, -0.2) is 48.2 Å². The molecule has 1 aliphatic rings. The normalized spacial score (nSPS) is 18.8. The molecule has 0 saturated carbocycles. The molecule has 2 rings (SSSR count). The fourth-order valence-electron chi connectivity index (χ4n) is 2.05. The van der Waals surface area contributed by atoms with Gasteiger partial charge in [-0.2, -0.15) is 0 Å². The lowest BCUT2D eigenvalue weighted by molar-refractivity contribution is -0.140. The Bertz CT molecular complexity index is 486. The summed E-state index contributed by atoms with van der Waals surface area (Å²) in [5.41, 5.74) is 0.670. The van der Waals surface area contributed by atoms with E-state index in [1.54, 1.807) is 24.3 Å². The first-order valence-corrected chi connectivity index (χ1v) is 6.04. The van der Waals surface area contributed by atoms with Crippen LogP contribution >= 0.6 is 0 Å². The minimum absolute atomic E-state index is 0.151. The van der Waals surface area contributed by atoms with Gasteiger partial charge in [0.25, 0.3) is 0 Å². The molecule has 102 valence electrons. The molecule has 1 aliphatic heterocycles. The van der Waals surface area contributed by atoms with Gasteiger partial charge >= 0.3 is 12.0 Å². The lowest BCUT2D eigenvalue weighted by atomic mass is 10.2. The van der Waals surface area contributed by atoms with Crippen molar-refractivity contribution >= 4 is 17.7 Å². The topological polar surface area (TPSA) is 70.1 Å². The number of benzene rings is 1. The standard InChI is InChI=1S/C13H16N2O4/c1-3-19-10-6-4-9(5-7-10)15-8-11(12(16)17)14(2)13(15)18/h4-7,11H,3,8H2,1-2H3,(H,16,17). The summed E-state index contributed by atoms with van der Waals surface area (Å²) in [7, 11) is 1.50. The molecule has 1 atom stereocenters. The van der Waals surface area contributed by atoms with Crippen molar-refractivity contribution < 1.29 is 19.4 Å². The van der Waals surface area contributed by atoms with E-state index in [1.807, 2.05) is 6.92 Å². The lowest BCUT2D eigenvalue weighted by Gasteiger charge is -2.16. The number of likely N-dealkylation sites (N-methyl/N-ethyl adjacent to an activating group) is 1. The van der Waals surface area contributed by atoms with Crippen molar-refractivity contribution in [3.63, 3.8) is 0 Å². The number of urea groups is 1. The maximum atomic E-state index is 12.0. The first-order valence-electron chi connectivity index (χ1n) is 6.04. The van der Waals surface area contributed by atoms with Crippen LogP contribution in [0.25, 0.3) is 0 Å². The van der Waals surface area contributed by atoms with Crippen molar-refractivity contribution in [2.75, 3.05) is 25.1 Å². The maximum absolute atomic E-state index is 12.0. The number of amides is 2. The minimum atomic E-state index is -0.996. The summed E-state index contributed by atoms with van der Waals surface area (Å²) >= 11 is 0. The molecule has 0 radical (unpaired) electrons. The van der Waals surface area contributed by atoms with Gasteiger partial charge in [-0.3, -0.25) is 4.90 Å². The van der Waals surface area contributed by atoms with Crippen molar-refractivity contribution in [2.45, 2.75) is 13.0 Å². The third-order valence-electron chi connectivity index (χ3n) is 3.10. The Morgan fingerprint density at radius 2 is 2.05 bits per heavy atom. The summed E-state index contributed by atoms with van der Waals surface area (Å²) in [4.78, 5) is 25.7. The second-order valence-corrected chi connectivity index (χ2v) is 4.29. The van der Waals surface area contributed by atoms with Crippen molar-refractivity contribution in [3.8, 4) is 5.75 Å². The number of carboxylic acids is 1. The van der Waals surface area contributed by atoms with Gasteiger partial charge in [-0.05, 0) is 31.2 Å². The Kier molecular flexibility index (Phi) is 3.59. The van der Waals surface area contributed by atoms with Crippen LogP contribution in [0.3, 0.4) is 0 Å². The van der Waals surface area contributed by atoms with Crippen LogP contribution in [0, 0.1) is 0 Å². The average Bonchev–Trinajstić information content (AvgIpc) is 2.68. The number of carboxylic acid groups (broad SMARTS) is 1. The smallest absolute Gasteiger partial charge is 0.328 e. The van der Waals surface area contributed by atoms with Crippen LogP contribution in [0.5, 0.6) is 5.75 Å². The number of nitrogens with zero attached hydrogens (tertiary/aromatic N) is 2. The molecule has 1 heterocycles. The van der Waals surface area contributed by atoms with Crippen molar-refractivity contribution in [2.24, 2.45) is 0 Å². The van der Waals surface area contributed by atoms with Gasteiger partial charge < -0.3 is 14.7 Å². The van der Waals surface area contributed by atoms with E-state index in [0.717, 1.165) is 5.75 Å². The molecule has 2 amide bonds. The zero-order valence-electron chi connectivity index (χ0n) is 10.9. The predicted octanol–water partition coefficient (Wildman–Crippen LogP) is 1.41. The van der Waals surface area contributed by atoms with E-state index in [4.69, 9.17) is 9.84 Å². The van der Waals surface area contributed by atoms with E-state index in [-0.39, 0.29) is 12.6 Å². The van der Waals surface area contributed by atoms with Gasteiger partial charge in [0.2, 0.25) is 0 Å². The monoisotopic (exact) mass is 264 g/mol. The second-order valence-electron chi connectivity index (χ2n) is 4.29. The molecule has 6 nitrogen and oxygen atoms in total. The Hall–Kier alpha value is -2.24. The zero-order chi connectivity index (χ0) is 14.0. The fourth-order valence-corrected chi connectivity index (χ4v) is 2.05. The highest BCUT2D eigenvalue weighted by Crippen LogP contribution is 2.25.